The van der Waals surface area contributed by atoms with Crippen LogP contribution in [0.4, 0.5) is 4.79 Å². The van der Waals surface area contributed by atoms with E-state index in [2.05, 4.69) is 5.32 Å². The lowest BCUT2D eigenvalue weighted by Crippen LogP contribution is -2.51. The number of nitrogens with one attached hydrogen (secondary N) is 2. The van der Waals surface area contributed by atoms with E-state index in [4.69, 9.17) is 10.00 Å². The van der Waals surface area contributed by atoms with E-state index in [-0.39, 0.29) is 11.3 Å². The maximum atomic E-state index is 13.2. The van der Waals surface area contributed by atoms with Crippen LogP contribution in [0.1, 0.15) is 25.3 Å². The Morgan fingerprint density at radius 2 is 1.81 bits per heavy atom. The van der Waals surface area contributed by atoms with Crippen molar-refractivity contribution in [2.75, 3.05) is 6.54 Å². The van der Waals surface area contributed by atoms with Gasteiger partial charge in [0.1, 0.15) is 11.5 Å². The third-order valence-electron chi connectivity index (χ3n) is 5.02. The topological polar surface area (TPSA) is 129 Å². The lowest BCUT2D eigenvalue weighted by atomic mass is 10.1. The first-order valence-electron chi connectivity index (χ1n) is 9.66. The van der Waals surface area contributed by atoms with Crippen molar-refractivity contribution in [3.05, 3.63) is 54.1 Å². The van der Waals surface area contributed by atoms with Gasteiger partial charge >= 0.3 is 6.03 Å². The molecule has 2 aromatic carbocycles. The van der Waals surface area contributed by atoms with Crippen molar-refractivity contribution >= 4 is 22.5 Å². The number of benzene rings is 2. The molecule has 1 heterocycles. The van der Waals surface area contributed by atoms with Gasteiger partial charge in [-0.05, 0) is 68.3 Å². The minimum absolute atomic E-state index is 0.121. The van der Waals surface area contributed by atoms with Gasteiger partial charge in [0, 0.05) is 18.6 Å². The highest BCUT2D eigenvalue weighted by atomic mass is 32.2. The van der Waals surface area contributed by atoms with Crippen molar-refractivity contribution in [1.82, 2.24) is 14.9 Å². The molecule has 1 aliphatic rings. The molecule has 2 atom stereocenters. The number of carbonyl (C=O) groups excluding carboxylic acids is 2. The molecule has 2 aromatic rings. The first kappa shape index (κ1) is 22.3. The van der Waals surface area contributed by atoms with Crippen molar-refractivity contribution in [2.45, 2.75) is 36.7 Å². The van der Waals surface area contributed by atoms with E-state index in [1.165, 1.54) is 16.4 Å². The van der Waals surface area contributed by atoms with Crippen LogP contribution in [0.15, 0.2) is 53.4 Å². The molecule has 31 heavy (non-hydrogen) atoms. The molecule has 0 aromatic heterocycles. The molecular formula is C21H22N4O5S. The fourth-order valence-corrected chi connectivity index (χ4v) is 5.28. The van der Waals surface area contributed by atoms with Crippen molar-refractivity contribution in [1.29, 1.82) is 5.26 Å². The average molecular weight is 442 g/mol. The van der Waals surface area contributed by atoms with Crippen LogP contribution >= 0.6 is 0 Å². The number of hydrogen-bond acceptors (Lipinski definition) is 6. The number of hydrogen-bond donors (Lipinski definition) is 2. The molecule has 3 amide bonds. The zero-order chi connectivity index (χ0) is 22.4. The van der Waals surface area contributed by atoms with Gasteiger partial charge in [0.2, 0.25) is 16.4 Å². The summed E-state index contributed by atoms with van der Waals surface area (Å²) in [6, 6.07) is 13.1. The zero-order valence-corrected chi connectivity index (χ0v) is 17.6. The third-order valence-corrected chi connectivity index (χ3v) is 6.96. The Morgan fingerprint density at radius 3 is 2.39 bits per heavy atom. The Kier molecular flexibility index (Phi) is 6.89. The Bertz CT molecular complexity index is 1080. The largest absolute Gasteiger partial charge is 0.457 e. The van der Waals surface area contributed by atoms with Gasteiger partial charge in [-0.2, -0.15) is 9.57 Å². The van der Waals surface area contributed by atoms with Gasteiger partial charge in [-0.25, -0.2) is 13.2 Å². The van der Waals surface area contributed by atoms with Gasteiger partial charge in [-0.3, -0.25) is 10.1 Å². The molecule has 162 valence electrons. The average Bonchev–Trinajstić information content (AvgIpc) is 3.26. The fourth-order valence-electron chi connectivity index (χ4n) is 3.51. The second-order valence-electron chi connectivity index (χ2n) is 7.06. The Hall–Kier alpha value is -3.42. The van der Waals surface area contributed by atoms with Crippen LogP contribution in [0.25, 0.3) is 0 Å². The summed E-state index contributed by atoms with van der Waals surface area (Å²) in [6.45, 7) is 2.05. The van der Waals surface area contributed by atoms with Gasteiger partial charge in [-0.1, -0.05) is 0 Å². The molecule has 2 unspecified atom stereocenters. The zero-order valence-electron chi connectivity index (χ0n) is 16.8. The van der Waals surface area contributed by atoms with Crippen LogP contribution in [-0.4, -0.2) is 43.8 Å². The van der Waals surface area contributed by atoms with E-state index in [0.717, 1.165) is 0 Å². The Balaban J connectivity index is 1.72. The monoisotopic (exact) mass is 442 g/mol. The molecule has 0 bridgehead atoms. The number of carbonyl (C=O) groups is 2. The fraction of sp³-hybridized carbons (Fsp3) is 0.286. The third kappa shape index (κ3) is 5.20. The summed E-state index contributed by atoms with van der Waals surface area (Å²) in [5.41, 5.74) is 0.515. The SMILES string of the molecule is CC(NC(=O)NC=O)C1CCCN1S(=O)(=O)c1ccc(Oc2ccc(C#N)cc2)cc1. The number of sulfonamides is 1. The molecule has 9 nitrogen and oxygen atoms in total. The number of nitrogens with zero attached hydrogens (tertiary/aromatic N) is 2. The maximum absolute atomic E-state index is 13.2. The second kappa shape index (κ2) is 9.59. The van der Waals surface area contributed by atoms with E-state index in [9.17, 15) is 18.0 Å². The lowest BCUT2D eigenvalue weighted by Gasteiger charge is -2.29. The molecule has 0 spiro atoms. The van der Waals surface area contributed by atoms with E-state index in [1.807, 2.05) is 11.4 Å². The van der Waals surface area contributed by atoms with Crippen LogP contribution in [-0.2, 0) is 14.8 Å². The molecule has 3 rings (SSSR count). The summed E-state index contributed by atoms with van der Waals surface area (Å²) in [4.78, 5) is 22.1. The summed E-state index contributed by atoms with van der Waals surface area (Å²) < 4.78 is 33.4. The molecule has 10 heteroatoms. The Labute approximate surface area is 180 Å². The van der Waals surface area contributed by atoms with Crippen LogP contribution < -0.4 is 15.4 Å². The highest BCUT2D eigenvalue weighted by Gasteiger charge is 2.38. The predicted octanol–water partition coefficient (Wildman–Crippen LogP) is 2.35. The number of amides is 3. The smallest absolute Gasteiger partial charge is 0.321 e. The normalized spacial score (nSPS) is 17.4. The van der Waals surface area contributed by atoms with Gasteiger partial charge < -0.3 is 10.1 Å². The summed E-state index contributed by atoms with van der Waals surface area (Å²) in [7, 11) is -3.78. The minimum Gasteiger partial charge on any atom is -0.457 e. The van der Waals surface area contributed by atoms with Crippen molar-refractivity contribution < 1.29 is 22.7 Å². The van der Waals surface area contributed by atoms with E-state index in [1.54, 1.807) is 43.3 Å². The molecule has 1 aliphatic heterocycles. The van der Waals surface area contributed by atoms with E-state index < -0.39 is 28.1 Å². The molecule has 0 radical (unpaired) electrons. The quantitative estimate of drug-likeness (QED) is 0.634. The maximum Gasteiger partial charge on any atom is 0.321 e. The molecule has 0 aliphatic carbocycles. The summed E-state index contributed by atoms with van der Waals surface area (Å²) in [5.74, 6) is 0.991. The number of rotatable bonds is 7. The van der Waals surface area contributed by atoms with Crippen LogP contribution in [0, 0.1) is 11.3 Å². The van der Waals surface area contributed by atoms with Crippen LogP contribution in [0.2, 0.25) is 0 Å². The van der Waals surface area contributed by atoms with E-state index in [0.29, 0.717) is 36.4 Å². The molecule has 2 N–H and O–H groups in total. The number of imide groups is 1. The predicted molar refractivity (Wildman–Crippen MR) is 112 cm³/mol. The number of urea groups is 1. The number of nitriles is 1. The van der Waals surface area contributed by atoms with Crippen LogP contribution in [0.5, 0.6) is 11.5 Å². The molecule has 1 fully saturated rings. The van der Waals surface area contributed by atoms with Crippen molar-refractivity contribution in [2.24, 2.45) is 0 Å². The van der Waals surface area contributed by atoms with Crippen LogP contribution in [0.3, 0.4) is 0 Å². The molecule has 0 saturated carbocycles. The van der Waals surface area contributed by atoms with Gasteiger partial charge in [0.25, 0.3) is 0 Å². The summed E-state index contributed by atoms with van der Waals surface area (Å²) in [5, 5.41) is 13.4. The lowest BCUT2D eigenvalue weighted by molar-refractivity contribution is -0.108. The van der Waals surface area contributed by atoms with Crippen molar-refractivity contribution in [3.8, 4) is 17.6 Å². The first-order chi connectivity index (χ1) is 14.8. The van der Waals surface area contributed by atoms with E-state index >= 15 is 0 Å². The highest BCUT2D eigenvalue weighted by Crippen LogP contribution is 2.30. The van der Waals surface area contributed by atoms with Crippen molar-refractivity contribution in [3.63, 3.8) is 0 Å². The minimum atomic E-state index is -3.78. The standard InChI is InChI=1S/C21H22N4O5S/c1-15(24-21(27)23-14-26)20-3-2-12-25(20)31(28,29)19-10-8-18(9-11-19)30-17-6-4-16(13-22)5-7-17/h4-11,14-15,20H,2-3,12H2,1H3,(H2,23,24,26,27). The molecule has 1 saturated heterocycles. The molecular weight excluding hydrogens is 420 g/mol. The number of ether oxygens (including phenoxy) is 1. The van der Waals surface area contributed by atoms with Gasteiger partial charge in [0.05, 0.1) is 16.5 Å². The Morgan fingerprint density at radius 1 is 1.19 bits per heavy atom. The summed E-state index contributed by atoms with van der Waals surface area (Å²) >= 11 is 0. The second-order valence-corrected chi connectivity index (χ2v) is 8.95. The summed E-state index contributed by atoms with van der Waals surface area (Å²) in [6.07, 6.45) is 1.54. The highest BCUT2D eigenvalue weighted by molar-refractivity contribution is 7.89. The van der Waals surface area contributed by atoms with Gasteiger partial charge in [-0.15, -0.1) is 0 Å². The van der Waals surface area contributed by atoms with Gasteiger partial charge in [0.15, 0.2) is 0 Å². The first-order valence-corrected chi connectivity index (χ1v) is 11.1.